The maximum absolute atomic E-state index is 12.1. The van der Waals surface area contributed by atoms with Gasteiger partial charge < -0.3 is 5.32 Å². The molecule has 1 aromatic heterocycles. The summed E-state index contributed by atoms with van der Waals surface area (Å²) in [6.45, 7) is 1.93. The van der Waals surface area contributed by atoms with E-state index in [1.807, 2.05) is 13.0 Å². The zero-order valence-corrected chi connectivity index (χ0v) is 11.4. The first-order valence-corrected chi connectivity index (χ1v) is 6.44. The van der Waals surface area contributed by atoms with Gasteiger partial charge in [0.2, 0.25) is 0 Å². The molecule has 1 rings (SSSR count). The lowest BCUT2D eigenvalue weighted by Gasteiger charge is -2.15. The highest BCUT2D eigenvalue weighted by Gasteiger charge is 2.28. The molecule has 92 valence electrons. The largest absolute Gasteiger partial charge is 0.389 e. The van der Waals surface area contributed by atoms with Gasteiger partial charge in [0.25, 0.3) is 0 Å². The first-order chi connectivity index (χ1) is 7.33. The number of nitrogens with one attached hydrogen (secondary N) is 1. The number of hydrogen-bond donors (Lipinski definition) is 1. The predicted octanol–water partition coefficient (Wildman–Crippen LogP) is 4.42. The monoisotopic (exact) mass is 315 g/mol. The zero-order valence-electron chi connectivity index (χ0n) is 8.99. The van der Waals surface area contributed by atoms with Gasteiger partial charge in [0.05, 0.1) is 3.79 Å². The number of aryl methyl sites for hydroxylation is 1. The molecule has 1 N–H and O–H groups in total. The Morgan fingerprint density at radius 3 is 2.50 bits per heavy atom. The van der Waals surface area contributed by atoms with E-state index in [0.29, 0.717) is 0 Å². The van der Waals surface area contributed by atoms with Crippen molar-refractivity contribution in [2.45, 2.75) is 32.0 Å². The van der Waals surface area contributed by atoms with Crippen LogP contribution in [-0.2, 0) is 0 Å². The van der Waals surface area contributed by atoms with Crippen LogP contribution in [0.4, 0.5) is 13.2 Å². The van der Waals surface area contributed by atoms with E-state index < -0.39 is 12.6 Å². The average molecular weight is 316 g/mol. The molecule has 0 fully saturated rings. The molecule has 16 heavy (non-hydrogen) atoms. The fourth-order valence-corrected chi connectivity index (χ4v) is 3.11. The minimum atomic E-state index is -4.08. The van der Waals surface area contributed by atoms with Crippen LogP contribution in [0.2, 0.25) is 0 Å². The molecule has 0 aromatic carbocycles. The molecule has 6 heteroatoms. The summed E-state index contributed by atoms with van der Waals surface area (Å²) in [4.78, 5) is 0.941. The number of hydrogen-bond acceptors (Lipinski definition) is 2. The highest BCUT2D eigenvalue weighted by molar-refractivity contribution is 9.11. The Bertz CT molecular complexity index is 329. The van der Waals surface area contributed by atoms with Crippen LogP contribution in [-0.4, -0.2) is 13.2 Å². The van der Waals surface area contributed by atoms with Crippen LogP contribution in [0.1, 0.15) is 29.3 Å². The molecule has 0 amide bonds. The van der Waals surface area contributed by atoms with Gasteiger partial charge in [-0.05, 0) is 48.0 Å². The van der Waals surface area contributed by atoms with E-state index in [9.17, 15) is 13.2 Å². The van der Waals surface area contributed by atoms with Crippen LogP contribution >= 0.6 is 27.3 Å². The molecule has 0 aliphatic heterocycles. The van der Waals surface area contributed by atoms with Gasteiger partial charge in [-0.15, -0.1) is 11.3 Å². The second-order valence-corrected chi connectivity index (χ2v) is 6.00. The molecule has 0 aliphatic rings. The van der Waals surface area contributed by atoms with E-state index in [0.717, 1.165) is 14.2 Å². The highest BCUT2D eigenvalue weighted by Crippen LogP contribution is 2.34. The Morgan fingerprint density at radius 1 is 1.50 bits per heavy atom. The Balaban J connectivity index is 2.68. The molecule has 0 radical (unpaired) electrons. The van der Waals surface area contributed by atoms with Crippen molar-refractivity contribution in [2.75, 3.05) is 7.05 Å². The Labute approximate surface area is 105 Å². The Hall–Kier alpha value is -0.0700. The van der Waals surface area contributed by atoms with Crippen molar-refractivity contribution in [3.8, 4) is 0 Å². The van der Waals surface area contributed by atoms with Crippen molar-refractivity contribution < 1.29 is 13.2 Å². The second kappa shape index (κ2) is 5.51. The van der Waals surface area contributed by atoms with Crippen LogP contribution in [0.15, 0.2) is 9.85 Å². The molecule has 0 spiro atoms. The second-order valence-electron chi connectivity index (χ2n) is 3.60. The number of thiophene rings is 1. The van der Waals surface area contributed by atoms with E-state index in [1.165, 1.54) is 11.3 Å². The van der Waals surface area contributed by atoms with Gasteiger partial charge in [0.15, 0.2) is 0 Å². The molecule has 1 nitrogen and oxygen atoms in total. The first-order valence-electron chi connectivity index (χ1n) is 4.83. The van der Waals surface area contributed by atoms with Crippen LogP contribution in [0, 0.1) is 6.92 Å². The maximum Gasteiger partial charge on any atom is 0.389 e. The van der Waals surface area contributed by atoms with Gasteiger partial charge in [-0.2, -0.15) is 13.2 Å². The van der Waals surface area contributed by atoms with Gasteiger partial charge in [0.1, 0.15) is 0 Å². The lowest BCUT2D eigenvalue weighted by molar-refractivity contribution is -0.136. The summed E-state index contributed by atoms with van der Waals surface area (Å²) in [5, 5.41) is 2.92. The minimum absolute atomic E-state index is 0.0758. The lowest BCUT2D eigenvalue weighted by atomic mass is 10.1. The van der Waals surface area contributed by atoms with Gasteiger partial charge in [-0.1, -0.05) is 0 Å². The van der Waals surface area contributed by atoms with Crippen molar-refractivity contribution in [1.29, 1.82) is 0 Å². The summed E-state index contributed by atoms with van der Waals surface area (Å²) in [5.41, 5.74) is 1.06. The number of halogens is 4. The van der Waals surface area contributed by atoms with Crippen LogP contribution < -0.4 is 5.32 Å². The summed E-state index contributed by atoms with van der Waals surface area (Å²) in [7, 11) is 1.68. The van der Waals surface area contributed by atoms with Gasteiger partial charge >= 0.3 is 6.18 Å². The van der Waals surface area contributed by atoms with E-state index >= 15 is 0 Å². The Kier molecular flexibility index (Phi) is 4.82. The smallest absolute Gasteiger partial charge is 0.312 e. The number of alkyl halides is 3. The van der Waals surface area contributed by atoms with Crippen LogP contribution in [0.5, 0.6) is 0 Å². The molecular weight excluding hydrogens is 303 g/mol. The Morgan fingerprint density at radius 2 is 2.12 bits per heavy atom. The molecule has 1 heterocycles. The number of rotatable bonds is 4. The lowest BCUT2D eigenvalue weighted by Crippen LogP contribution is -2.18. The van der Waals surface area contributed by atoms with E-state index in [1.54, 1.807) is 7.05 Å². The molecule has 0 saturated heterocycles. The highest BCUT2D eigenvalue weighted by atomic mass is 79.9. The van der Waals surface area contributed by atoms with Crippen molar-refractivity contribution >= 4 is 27.3 Å². The maximum atomic E-state index is 12.1. The summed E-state index contributed by atoms with van der Waals surface area (Å²) in [6, 6.07) is 1.70. The standard InChI is InChI=1S/C10H13BrF3NS/c1-6-5-8(16-9(6)11)7(15-2)3-4-10(12,13)14/h5,7,15H,3-4H2,1-2H3. The molecular formula is C10H13BrF3NS. The summed E-state index contributed by atoms with van der Waals surface area (Å²) in [5.74, 6) is 0. The first kappa shape index (κ1) is 14.0. The molecule has 1 aromatic rings. The predicted molar refractivity (Wildman–Crippen MR) is 63.8 cm³/mol. The van der Waals surface area contributed by atoms with Crippen molar-refractivity contribution in [3.05, 3.63) is 20.3 Å². The molecule has 0 saturated carbocycles. The van der Waals surface area contributed by atoms with E-state index in [-0.39, 0.29) is 12.5 Å². The third-order valence-corrected chi connectivity index (χ3v) is 4.53. The van der Waals surface area contributed by atoms with Crippen LogP contribution in [0.3, 0.4) is 0 Å². The van der Waals surface area contributed by atoms with Crippen LogP contribution in [0.25, 0.3) is 0 Å². The zero-order chi connectivity index (χ0) is 12.3. The van der Waals surface area contributed by atoms with Gasteiger partial charge in [0, 0.05) is 17.3 Å². The third kappa shape index (κ3) is 4.07. The summed E-state index contributed by atoms with van der Waals surface area (Å²) >= 11 is 4.86. The SMILES string of the molecule is CNC(CCC(F)(F)F)c1cc(C)c(Br)s1. The topological polar surface area (TPSA) is 12.0 Å². The minimum Gasteiger partial charge on any atom is -0.312 e. The molecule has 0 bridgehead atoms. The van der Waals surface area contributed by atoms with Crippen molar-refractivity contribution in [1.82, 2.24) is 5.32 Å². The summed E-state index contributed by atoms with van der Waals surface area (Å²) in [6.07, 6.45) is -4.77. The van der Waals surface area contributed by atoms with Gasteiger partial charge in [-0.25, -0.2) is 0 Å². The van der Waals surface area contributed by atoms with E-state index in [4.69, 9.17) is 0 Å². The third-order valence-electron chi connectivity index (χ3n) is 2.28. The molecule has 1 atom stereocenters. The van der Waals surface area contributed by atoms with Crippen molar-refractivity contribution in [3.63, 3.8) is 0 Å². The van der Waals surface area contributed by atoms with Crippen molar-refractivity contribution in [2.24, 2.45) is 0 Å². The molecule has 1 unspecified atom stereocenters. The fourth-order valence-electron chi connectivity index (χ4n) is 1.39. The normalized spacial score (nSPS) is 14.1. The fraction of sp³-hybridized carbons (Fsp3) is 0.600. The quantitative estimate of drug-likeness (QED) is 0.867. The molecule has 0 aliphatic carbocycles. The van der Waals surface area contributed by atoms with Gasteiger partial charge in [-0.3, -0.25) is 0 Å². The van der Waals surface area contributed by atoms with E-state index in [2.05, 4.69) is 21.2 Å². The summed E-state index contributed by atoms with van der Waals surface area (Å²) < 4.78 is 37.3. The average Bonchev–Trinajstić information content (AvgIpc) is 2.46.